The number of amides is 3. The molecular formula is C33H29N3O7S. The molecule has 0 unspecified atom stereocenters. The van der Waals surface area contributed by atoms with Crippen molar-refractivity contribution < 1.29 is 34.1 Å². The summed E-state index contributed by atoms with van der Waals surface area (Å²) in [5, 5.41) is 26.9. The Morgan fingerprint density at radius 3 is 2.32 bits per heavy atom. The van der Waals surface area contributed by atoms with Gasteiger partial charge in [0.25, 0.3) is 11.8 Å². The maximum atomic E-state index is 13.5. The second-order valence-electron chi connectivity index (χ2n) is 9.20. The Balaban J connectivity index is 1.47. The zero-order valence-corrected chi connectivity index (χ0v) is 24.4. The molecule has 11 heteroatoms. The van der Waals surface area contributed by atoms with Gasteiger partial charge in [-0.1, -0.05) is 42.5 Å². The van der Waals surface area contributed by atoms with Crippen LogP contribution in [0.15, 0.2) is 108 Å². The maximum absolute atomic E-state index is 13.5. The van der Waals surface area contributed by atoms with Gasteiger partial charge in [-0.2, -0.15) is 0 Å². The van der Waals surface area contributed by atoms with Gasteiger partial charge < -0.3 is 30.9 Å². The van der Waals surface area contributed by atoms with Crippen molar-refractivity contribution in [3.63, 3.8) is 0 Å². The Morgan fingerprint density at radius 2 is 1.57 bits per heavy atom. The Labute approximate surface area is 257 Å². The van der Waals surface area contributed by atoms with E-state index in [1.54, 1.807) is 78.9 Å². The highest BCUT2D eigenvalue weighted by Crippen LogP contribution is 2.25. The van der Waals surface area contributed by atoms with Crippen LogP contribution in [0.1, 0.15) is 33.2 Å². The first-order chi connectivity index (χ1) is 21.2. The Bertz CT molecular complexity index is 1710. The number of para-hydroxylation sites is 1. The highest BCUT2D eigenvalue weighted by molar-refractivity contribution is 8.00. The van der Waals surface area contributed by atoms with Crippen LogP contribution in [0.2, 0.25) is 0 Å². The summed E-state index contributed by atoms with van der Waals surface area (Å²) in [7, 11) is 0. The second-order valence-corrected chi connectivity index (χ2v) is 10.3. The van der Waals surface area contributed by atoms with Crippen molar-refractivity contribution >= 4 is 52.9 Å². The van der Waals surface area contributed by atoms with E-state index in [2.05, 4.69) is 16.0 Å². The third kappa shape index (κ3) is 8.73. The summed E-state index contributed by atoms with van der Waals surface area (Å²) in [6.45, 7) is 2.27. The number of carbonyl (C=O) groups excluding carboxylic acids is 3. The number of anilines is 2. The molecule has 0 aliphatic rings. The van der Waals surface area contributed by atoms with Crippen LogP contribution in [0.4, 0.5) is 11.4 Å². The minimum absolute atomic E-state index is 0.00179. The number of rotatable bonds is 12. The van der Waals surface area contributed by atoms with Crippen molar-refractivity contribution in [3.8, 4) is 11.5 Å². The van der Waals surface area contributed by atoms with Gasteiger partial charge in [0.05, 0.1) is 12.4 Å². The minimum atomic E-state index is -1.32. The molecule has 3 amide bonds. The lowest BCUT2D eigenvalue weighted by Gasteiger charge is -2.13. The number of aromatic carboxylic acids is 1. The molecule has 224 valence electrons. The smallest absolute Gasteiger partial charge is 0.339 e. The van der Waals surface area contributed by atoms with Crippen LogP contribution >= 0.6 is 11.8 Å². The number of carboxylic acid groups (broad SMARTS) is 1. The van der Waals surface area contributed by atoms with E-state index in [1.165, 1.54) is 30.0 Å². The predicted octanol–water partition coefficient (Wildman–Crippen LogP) is 5.63. The minimum Gasteiger partial charge on any atom is -0.507 e. The van der Waals surface area contributed by atoms with E-state index in [-0.39, 0.29) is 22.7 Å². The zero-order valence-electron chi connectivity index (χ0n) is 23.6. The normalized spacial score (nSPS) is 10.9. The van der Waals surface area contributed by atoms with Crippen molar-refractivity contribution in [2.45, 2.75) is 11.8 Å². The van der Waals surface area contributed by atoms with E-state index >= 15 is 0 Å². The van der Waals surface area contributed by atoms with Crippen LogP contribution in [-0.4, -0.2) is 46.3 Å². The Hall–Kier alpha value is -5.55. The Kier molecular flexibility index (Phi) is 10.8. The number of benzene rings is 4. The second kappa shape index (κ2) is 15.1. The number of ether oxygens (including phenoxy) is 1. The van der Waals surface area contributed by atoms with Crippen molar-refractivity contribution in [1.82, 2.24) is 5.32 Å². The number of carboxylic acids is 1. The highest BCUT2D eigenvalue weighted by Gasteiger charge is 2.17. The molecule has 0 spiro atoms. The van der Waals surface area contributed by atoms with E-state index in [4.69, 9.17) is 9.84 Å². The topological polar surface area (TPSA) is 154 Å². The number of aromatic hydroxyl groups is 1. The molecule has 4 aromatic rings. The fraction of sp³-hybridized carbons (Fsp3) is 0.0909. The van der Waals surface area contributed by atoms with Crippen LogP contribution in [0.25, 0.3) is 6.08 Å². The van der Waals surface area contributed by atoms with Crippen LogP contribution in [-0.2, 0) is 9.59 Å². The molecule has 0 radical (unpaired) electrons. The molecule has 4 rings (SSSR count). The summed E-state index contributed by atoms with van der Waals surface area (Å²) >= 11 is 1.20. The average Bonchev–Trinajstić information content (AvgIpc) is 3.02. The van der Waals surface area contributed by atoms with Gasteiger partial charge in [-0.15, -0.1) is 11.8 Å². The number of carbonyl (C=O) groups is 4. The van der Waals surface area contributed by atoms with Gasteiger partial charge in [0, 0.05) is 27.4 Å². The summed E-state index contributed by atoms with van der Waals surface area (Å²) in [5.74, 6) is -2.59. The van der Waals surface area contributed by atoms with E-state index in [0.29, 0.717) is 34.1 Å². The largest absolute Gasteiger partial charge is 0.507 e. The lowest BCUT2D eigenvalue weighted by Crippen LogP contribution is -2.30. The van der Waals surface area contributed by atoms with Crippen molar-refractivity contribution in [3.05, 3.63) is 119 Å². The van der Waals surface area contributed by atoms with Gasteiger partial charge in [0.2, 0.25) is 5.91 Å². The zero-order chi connectivity index (χ0) is 31.5. The van der Waals surface area contributed by atoms with Crippen molar-refractivity contribution in [1.29, 1.82) is 0 Å². The summed E-state index contributed by atoms with van der Waals surface area (Å²) in [6.07, 6.45) is 1.54. The standard InChI is InChI=1S/C33H29N3O7S/c1-2-43-29-14-7-6-11-22(29)17-27(36-31(39)21-9-4-3-5-10-21)32(40)35-23-12-8-13-25(18-23)44-20-30(38)34-24-15-16-28(37)26(19-24)33(41)42/h3-19,37H,2,20H2,1H3,(H,34,38)(H,35,40)(H,36,39)(H,41,42)/b27-17+. The number of hydrogen-bond acceptors (Lipinski definition) is 7. The van der Waals surface area contributed by atoms with E-state index in [1.807, 2.05) is 13.0 Å². The van der Waals surface area contributed by atoms with Gasteiger partial charge in [0.15, 0.2) is 0 Å². The predicted molar refractivity (Wildman–Crippen MR) is 169 cm³/mol. The van der Waals surface area contributed by atoms with Crippen LogP contribution in [0.3, 0.4) is 0 Å². The van der Waals surface area contributed by atoms with Gasteiger partial charge in [-0.25, -0.2) is 4.79 Å². The van der Waals surface area contributed by atoms with Crippen LogP contribution < -0.4 is 20.7 Å². The first-order valence-corrected chi connectivity index (χ1v) is 14.4. The van der Waals surface area contributed by atoms with Crippen molar-refractivity contribution in [2.24, 2.45) is 0 Å². The molecular weight excluding hydrogens is 582 g/mol. The molecule has 0 aliphatic heterocycles. The van der Waals surface area contributed by atoms with Gasteiger partial charge in [-0.3, -0.25) is 14.4 Å². The fourth-order valence-electron chi connectivity index (χ4n) is 3.98. The molecule has 10 nitrogen and oxygen atoms in total. The molecule has 44 heavy (non-hydrogen) atoms. The van der Waals surface area contributed by atoms with Gasteiger partial charge in [0.1, 0.15) is 22.8 Å². The monoisotopic (exact) mass is 611 g/mol. The SMILES string of the molecule is CCOc1ccccc1/C=C(/NC(=O)c1ccccc1)C(=O)Nc1cccc(SCC(=O)Nc2ccc(O)c(C(=O)O)c2)c1. The summed E-state index contributed by atoms with van der Waals surface area (Å²) in [4.78, 5) is 50.9. The van der Waals surface area contributed by atoms with Crippen molar-refractivity contribution in [2.75, 3.05) is 23.0 Å². The molecule has 4 aromatic carbocycles. The lowest BCUT2D eigenvalue weighted by atomic mass is 10.1. The molecule has 0 bridgehead atoms. The van der Waals surface area contributed by atoms with E-state index < -0.39 is 29.4 Å². The molecule has 0 atom stereocenters. The molecule has 0 saturated heterocycles. The van der Waals surface area contributed by atoms with E-state index in [9.17, 15) is 24.3 Å². The first-order valence-electron chi connectivity index (χ1n) is 13.4. The number of phenols is 1. The number of thioether (sulfide) groups is 1. The molecule has 0 aromatic heterocycles. The summed E-state index contributed by atoms with van der Waals surface area (Å²) < 4.78 is 5.68. The van der Waals surface area contributed by atoms with Gasteiger partial charge in [-0.05, 0) is 67.6 Å². The molecule has 0 heterocycles. The summed E-state index contributed by atoms with van der Waals surface area (Å²) in [6, 6.07) is 26.3. The lowest BCUT2D eigenvalue weighted by molar-refractivity contribution is -0.114. The quantitative estimate of drug-likeness (QED) is 0.0785. The maximum Gasteiger partial charge on any atom is 0.339 e. The first kappa shape index (κ1) is 31.4. The number of hydrogen-bond donors (Lipinski definition) is 5. The highest BCUT2D eigenvalue weighted by atomic mass is 32.2. The number of nitrogens with one attached hydrogen (secondary N) is 3. The molecule has 0 fully saturated rings. The molecule has 5 N–H and O–H groups in total. The van der Waals surface area contributed by atoms with Crippen LogP contribution in [0, 0.1) is 0 Å². The van der Waals surface area contributed by atoms with Gasteiger partial charge >= 0.3 is 5.97 Å². The van der Waals surface area contributed by atoms with E-state index in [0.717, 1.165) is 0 Å². The molecule has 0 aliphatic carbocycles. The fourth-order valence-corrected chi connectivity index (χ4v) is 4.73. The van der Waals surface area contributed by atoms with Crippen LogP contribution in [0.5, 0.6) is 11.5 Å². The third-order valence-corrected chi connectivity index (χ3v) is 7.01. The third-order valence-electron chi connectivity index (χ3n) is 6.02. The average molecular weight is 612 g/mol. The summed E-state index contributed by atoms with van der Waals surface area (Å²) in [5.41, 5.74) is 1.32. The Morgan fingerprint density at radius 1 is 0.841 bits per heavy atom. The molecule has 0 saturated carbocycles.